The fraction of sp³-hybridized carbons (Fsp3) is 0.300. The van der Waals surface area contributed by atoms with E-state index in [4.69, 9.17) is 0 Å². The summed E-state index contributed by atoms with van der Waals surface area (Å²) in [7, 11) is 0. The Balaban J connectivity index is 1.64. The largest absolute Gasteiger partial charge is 0.481 e. The number of carboxylic acids is 1. The topological polar surface area (TPSA) is 57.6 Å². The van der Waals surface area contributed by atoms with Crippen LogP contribution in [-0.2, 0) is 16.0 Å². The van der Waals surface area contributed by atoms with Gasteiger partial charge < -0.3 is 10.0 Å². The van der Waals surface area contributed by atoms with Gasteiger partial charge in [-0.05, 0) is 30.0 Å². The van der Waals surface area contributed by atoms with E-state index in [9.17, 15) is 14.7 Å². The van der Waals surface area contributed by atoms with Crippen molar-refractivity contribution in [2.45, 2.75) is 19.8 Å². The molecule has 3 rings (SSSR count). The summed E-state index contributed by atoms with van der Waals surface area (Å²) in [6, 6.07) is 18.1. The molecule has 1 saturated heterocycles. The minimum absolute atomic E-state index is 0.00700. The summed E-state index contributed by atoms with van der Waals surface area (Å²) in [5, 5.41) is 9.26. The second-order valence-corrected chi connectivity index (χ2v) is 6.67. The van der Waals surface area contributed by atoms with E-state index in [2.05, 4.69) is 12.1 Å². The molecule has 1 unspecified atom stereocenters. The van der Waals surface area contributed by atoms with Crippen molar-refractivity contribution in [3.8, 4) is 11.1 Å². The average molecular weight is 323 g/mol. The molecule has 1 aliphatic heterocycles. The number of amides is 1. The average Bonchev–Trinajstić information content (AvgIpc) is 3.00. The fourth-order valence-electron chi connectivity index (χ4n) is 3.08. The number of hydrogen-bond donors (Lipinski definition) is 1. The number of aliphatic carboxylic acids is 1. The molecule has 0 aromatic heterocycles. The van der Waals surface area contributed by atoms with Gasteiger partial charge in [0.15, 0.2) is 0 Å². The zero-order valence-corrected chi connectivity index (χ0v) is 13.7. The van der Waals surface area contributed by atoms with Crippen molar-refractivity contribution in [1.29, 1.82) is 0 Å². The number of rotatable bonds is 4. The first-order chi connectivity index (χ1) is 11.5. The van der Waals surface area contributed by atoms with Gasteiger partial charge in [0.2, 0.25) is 5.91 Å². The highest BCUT2D eigenvalue weighted by Gasteiger charge is 2.41. The smallest absolute Gasteiger partial charge is 0.311 e. The number of carbonyl (C=O) groups excluding carboxylic acids is 1. The Labute approximate surface area is 141 Å². The number of nitrogens with zero attached hydrogens (tertiary/aromatic N) is 1. The number of benzene rings is 2. The summed E-state index contributed by atoms with van der Waals surface area (Å²) in [5.74, 6) is -0.836. The van der Waals surface area contributed by atoms with Crippen molar-refractivity contribution < 1.29 is 14.7 Å². The summed E-state index contributed by atoms with van der Waals surface area (Å²) in [4.78, 5) is 25.4. The maximum absolute atomic E-state index is 12.4. The lowest BCUT2D eigenvalue weighted by Gasteiger charge is -2.20. The van der Waals surface area contributed by atoms with Gasteiger partial charge in [0, 0.05) is 13.1 Å². The zero-order valence-electron chi connectivity index (χ0n) is 13.7. The van der Waals surface area contributed by atoms with Crippen molar-refractivity contribution in [1.82, 2.24) is 4.90 Å². The van der Waals surface area contributed by atoms with Gasteiger partial charge in [-0.2, -0.15) is 0 Å². The van der Waals surface area contributed by atoms with Crippen LogP contribution in [0.15, 0.2) is 54.6 Å². The molecule has 4 heteroatoms. The molecular weight excluding hydrogens is 302 g/mol. The summed E-state index contributed by atoms with van der Waals surface area (Å²) in [6.07, 6.45) is 0.825. The molecule has 0 bridgehead atoms. The van der Waals surface area contributed by atoms with Gasteiger partial charge in [-0.1, -0.05) is 54.6 Å². The van der Waals surface area contributed by atoms with Crippen LogP contribution in [0.5, 0.6) is 0 Å². The maximum Gasteiger partial charge on any atom is 0.311 e. The third-order valence-corrected chi connectivity index (χ3v) is 4.76. The predicted octanol–water partition coefficient (Wildman–Crippen LogP) is 3.22. The molecule has 0 spiro atoms. The lowest BCUT2D eigenvalue weighted by Crippen LogP contribution is -2.35. The lowest BCUT2D eigenvalue weighted by molar-refractivity contribution is -0.147. The van der Waals surface area contributed by atoms with Crippen molar-refractivity contribution in [3.05, 3.63) is 60.2 Å². The molecule has 124 valence electrons. The quantitative estimate of drug-likeness (QED) is 0.940. The molecule has 4 nitrogen and oxygen atoms in total. The van der Waals surface area contributed by atoms with Gasteiger partial charge in [0.1, 0.15) is 0 Å². The first-order valence-electron chi connectivity index (χ1n) is 8.13. The Bertz CT molecular complexity index is 739. The van der Waals surface area contributed by atoms with Gasteiger partial charge in [0.25, 0.3) is 0 Å². The van der Waals surface area contributed by atoms with Gasteiger partial charge in [-0.3, -0.25) is 9.59 Å². The first kappa shape index (κ1) is 16.2. The molecule has 1 amide bonds. The van der Waals surface area contributed by atoms with Crippen molar-refractivity contribution in [2.24, 2.45) is 5.41 Å². The lowest BCUT2D eigenvalue weighted by atomic mass is 9.90. The summed E-state index contributed by atoms with van der Waals surface area (Å²) >= 11 is 0. The first-order valence-corrected chi connectivity index (χ1v) is 8.13. The molecule has 1 fully saturated rings. The van der Waals surface area contributed by atoms with E-state index >= 15 is 0 Å². The van der Waals surface area contributed by atoms with Gasteiger partial charge >= 0.3 is 5.97 Å². The molecular formula is C20H21NO3. The van der Waals surface area contributed by atoms with Gasteiger partial charge in [-0.15, -0.1) is 0 Å². The Morgan fingerprint density at radius 1 is 1.04 bits per heavy atom. The Hall–Kier alpha value is -2.62. The minimum atomic E-state index is -0.829. The van der Waals surface area contributed by atoms with Crippen LogP contribution in [0.25, 0.3) is 11.1 Å². The number of carbonyl (C=O) groups is 2. The second kappa shape index (κ2) is 6.48. The summed E-state index contributed by atoms with van der Waals surface area (Å²) in [5.41, 5.74) is 2.40. The Morgan fingerprint density at radius 3 is 2.25 bits per heavy atom. The van der Waals surface area contributed by atoms with Crippen LogP contribution < -0.4 is 0 Å². The molecule has 1 aliphatic rings. The van der Waals surface area contributed by atoms with E-state index in [0.717, 1.165) is 16.7 Å². The molecule has 0 aliphatic carbocycles. The number of hydrogen-bond acceptors (Lipinski definition) is 2. The fourth-order valence-corrected chi connectivity index (χ4v) is 3.08. The molecule has 24 heavy (non-hydrogen) atoms. The van der Waals surface area contributed by atoms with Gasteiger partial charge in [0.05, 0.1) is 11.8 Å². The number of carboxylic acid groups (broad SMARTS) is 1. The summed E-state index contributed by atoms with van der Waals surface area (Å²) in [6.45, 7) is 2.52. The molecule has 2 aromatic rings. The van der Waals surface area contributed by atoms with E-state index in [1.165, 1.54) is 0 Å². The molecule has 1 atom stereocenters. The van der Waals surface area contributed by atoms with E-state index < -0.39 is 11.4 Å². The Morgan fingerprint density at radius 2 is 1.67 bits per heavy atom. The van der Waals surface area contributed by atoms with Crippen molar-refractivity contribution >= 4 is 11.9 Å². The standard InChI is InChI=1S/C20H21NO3/c1-20(19(23)24)11-12-21(14-20)18(22)13-15-7-9-17(10-8-15)16-5-3-2-4-6-16/h2-10H,11-14H2,1H3,(H,23,24). The molecule has 1 heterocycles. The van der Waals surface area contributed by atoms with Crippen LogP contribution in [0.1, 0.15) is 18.9 Å². The minimum Gasteiger partial charge on any atom is -0.481 e. The van der Waals surface area contributed by atoms with Crippen molar-refractivity contribution in [2.75, 3.05) is 13.1 Å². The zero-order chi connectivity index (χ0) is 17.2. The van der Waals surface area contributed by atoms with E-state index in [1.54, 1.807) is 11.8 Å². The highest BCUT2D eigenvalue weighted by atomic mass is 16.4. The normalized spacial score (nSPS) is 20.1. The van der Waals surface area contributed by atoms with Crippen LogP contribution in [0, 0.1) is 5.41 Å². The molecule has 0 saturated carbocycles. The van der Waals surface area contributed by atoms with Crippen LogP contribution in [0.4, 0.5) is 0 Å². The highest BCUT2D eigenvalue weighted by molar-refractivity contribution is 5.82. The SMILES string of the molecule is CC1(C(=O)O)CCN(C(=O)Cc2ccc(-c3ccccc3)cc2)C1. The van der Waals surface area contributed by atoms with E-state index in [0.29, 0.717) is 25.9 Å². The van der Waals surface area contributed by atoms with Crippen LogP contribution >= 0.6 is 0 Å². The van der Waals surface area contributed by atoms with E-state index in [-0.39, 0.29) is 5.91 Å². The molecule has 0 radical (unpaired) electrons. The molecule has 1 N–H and O–H groups in total. The van der Waals surface area contributed by atoms with Crippen LogP contribution in [-0.4, -0.2) is 35.0 Å². The van der Waals surface area contributed by atoms with Crippen molar-refractivity contribution in [3.63, 3.8) is 0 Å². The second-order valence-electron chi connectivity index (χ2n) is 6.67. The summed E-state index contributed by atoms with van der Waals surface area (Å²) < 4.78 is 0. The van der Waals surface area contributed by atoms with Crippen LogP contribution in [0.2, 0.25) is 0 Å². The van der Waals surface area contributed by atoms with Gasteiger partial charge in [-0.25, -0.2) is 0 Å². The van der Waals surface area contributed by atoms with E-state index in [1.807, 2.05) is 42.5 Å². The Kier molecular flexibility index (Phi) is 4.38. The highest BCUT2D eigenvalue weighted by Crippen LogP contribution is 2.30. The monoisotopic (exact) mass is 323 g/mol. The third-order valence-electron chi connectivity index (χ3n) is 4.76. The maximum atomic E-state index is 12.4. The number of likely N-dealkylation sites (tertiary alicyclic amines) is 1. The molecule has 2 aromatic carbocycles. The van der Waals surface area contributed by atoms with Crippen LogP contribution in [0.3, 0.4) is 0 Å². The third kappa shape index (κ3) is 3.32. The predicted molar refractivity (Wildman–Crippen MR) is 92.5 cm³/mol.